The Balaban J connectivity index is 1.68. The Kier molecular flexibility index (Phi) is 4.96. The van der Waals surface area contributed by atoms with E-state index in [4.69, 9.17) is 0 Å². The van der Waals surface area contributed by atoms with Gasteiger partial charge in [-0.25, -0.2) is 9.97 Å². The zero-order valence-electron chi connectivity index (χ0n) is 12.8. The number of nitrogens with zero attached hydrogens (tertiary/aromatic N) is 2. The predicted molar refractivity (Wildman–Crippen MR) is 91.0 cm³/mol. The number of nitrogens with one attached hydrogen (secondary N) is 1. The van der Waals surface area contributed by atoms with E-state index in [1.807, 2.05) is 48.5 Å². The molecule has 2 aromatic carbocycles. The van der Waals surface area contributed by atoms with Gasteiger partial charge in [0, 0.05) is 19.2 Å². The molecule has 0 aliphatic rings. The van der Waals surface area contributed by atoms with Gasteiger partial charge < -0.3 is 10.4 Å². The van der Waals surface area contributed by atoms with Crippen LogP contribution in [0.1, 0.15) is 22.5 Å². The molecule has 1 heterocycles. The summed E-state index contributed by atoms with van der Waals surface area (Å²) in [6.45, 7) is 0.666. The number of anilines is 1. The number of hydrogen-bond donors (Lipinski definition) is 2. The van der Waals surface area contributed by atoms with Gasteiger partial charge in [0.1, 0.15) is 11.6 Å². The highest BCUT2D eigenvalue weighted by atomic mass is 16.3. The summed E-state index contributed by atoms with van der Waals surface area (Å²) in [5.74, 6) is 1.58. The maximum absolute atomic E-state index is 9.37. The Morgan fingerprint density at radius 2 is 1.61 bits per heavy atom. The van der Waals surface area contributed by atoms with E-state index in [2.05, 4.69) is 27.4 Å². The van der Waals surface area contributed by atoms with E-state index in [9.17, 15) is 5.11 Å². The first-order chi connectivity index (χ1) is 11.3. The number of aromatic nitrogens is 2. The standard InChI is InChI=1S/C19H19N3O/c23-14-17-9-5-4-8-16(17)13-21-18-10-11-20-19(22-18)12-15-6-2-1-3-7-15/h1-11,23H,12-14H2,(H,20,21,22). The van der Waals surface area contributed by atoms with Gasteiger partial charge in [-0.1, -0.05) is 54.6 Å². The summed E-state index contributed by atoms with van der Waals surface area (Å²) < 4.78 is 0. The molecule has 0 atom stereocenters. The highest BCUT2D eigenvalue weighted by molar-refractivity contribution is 5.37. The highest BCUT2D eigenvalue weighted by Gasteiger charge is 2.03. The Morgan fingerprint density at radius 3 is 2.39 bits per heavy atom. The van der Waals surface area contributed by atoms with Gasteiger partial charge in [-0.3, -0.25) is 0 Å². The average molecular weight is 305 g/mol. The third-order valence-electron chi connectivity index (χ3n) is 3.66. The first-order valence-electron chi connectivity index (χ1n) is 7.62. The van der Waals surface area contributed by atoms with Gasteiger partial charge >= 0.3 is 0 Å². The molecule has 0 amide bonds. The first-order valence-corrected chi connectivity index (χ1v) is 7.62. The quantitative estimate of drug-likeness (QED) is 0.734. The third-order valence-corrected chi connectivity index (χ3v) is 3.66. The van der Waals surface area contributed by atoms with E-state index in [1.165, 1.54) is 5.56 Å². The van der Waals surface area contributed by atoms with Crippen LogP contribution in [0.5, 0.6) is 0 Å². The second kappa shape index (κ2) is 7.51. The Bertz CT molecular complexity index is 759. The fraction of sp³-hybridized carbons (Fsp3) is 0.158. The van der Waals surface area contributed by atoms with Crippen LogP contribution >= 0.6 is 0 Å². The summed E-state index contributed by atoms with van der Waals surface area (Å²) in [6, 6.07) is 19.9. The molecule has 0 radical (unpaired) electrons. The van der Waals surface area contributed by atoms with Gasteiger partial charge in [-0.15, -0.1) is 0 Å². The van der Waals surface area contributed by atoms with Crippen molar-refractivity contribution >= 4 is 5.82 Å². The maximum Gasteiger partial charge on any atom is 0.135 e. The van der Waals surface area contributed by atoms with Crippen molar-refractivity contribution in [1.29, 1.82) is 0 Å². The van der Waals surface area contributed by atoms with Crippen LogP contribution in [0.3, 0.4) is 0 Å². The third kappa shape index (κ3) is 4.14. The van der Waals surface area contributed by atoms with Crippen molar-refractivity contribution in [2.24, 2.45) is 0 Å². The van der Waals surface area contributed by atoms with E-state index < -0.39 is 0 Å². The molecule has 4 heteroatoms. The molecule has 0 aliphatic carbocycles. The molecule has 3 aromatic rings. The van der Waals surface area contributed by atoms with Gasteiger partial charge in [0.2, 0.25) is 0 Å². The minimum absolute atomic E-state index is 0.0425. The molecule has 0 bridgehead atoms. The number of benzene rings is 2. The van der Waals surface area contributed by atoms with Crippen LogP contribution in [0, 0.1) is 0 Å². The Labute approximate surface area is 135 Å². The highest BCUT2D eigenvalue weighted by Crippen LogP contribution is 2.12. The summed E-state index contributed by atoms with van der Waals surface area (Å²) >= 11 is 0. The number of aliphatic hydroxyl groups is 1. The summed E-state index contributed by atoms with van der Waals surface area (Å²) in [7, 11) is 0. The SMILES string of the molecule is OCc1ccccc1CNc1ccnc(Cc2ccccc2)n1. The summed E-state index contributed by atoms with van der Waals surface area (Å²) in [5, 5.41) is 12.7. The number of aliphatic hydroxyl groups excluding tert-OH is 1. The molecule has 3 rings (SSSR count). The molecule has 0 unspecified atom stereocenters. The van der Waals surface area contributed by atoms with Crippen molar-refractivity contribution in [2.45, 2.75) is 19.6 Å². The molecule has 1 aromatic heterocycles. The van der Waals surface area contributed by atoms with Crippen molar-refractivity contribution in [2.75, 3.05) is 5.32 Å². The molecular formula is C19H19N3O. The van der Waals surface area contributed by atoms with Crippen molar-refractivity contribution in [3.8, 4) is 0 Å². The fourth-order valence-electron chi connectivity index (χ4n) is 2.43. The minimum Gasteiger partial charge on any atom is -0.392 e. The molecule has 0 saturated heterocycles. The van der Waals surface area contributed by atoms with Crippen molar-refractivity contribution in [3.63, 3.8) is 0 Å². The zero-order chi connectivity index (χ0) is 15.9. The van der Waals surface area contributed by atoms with Crippen molar-refractivity contribution in [1.82, 2.24) is 9.97 Å². The number of hydrogen-bond acceptors (Lipinski definition) is 4. The lowest BCUT2D eigenvalue weighted by Gasteiger charge is -2.10. The van der Waals surface area contributed by atoms with Crippen LogP contribution in [0.25, 0.3) is 0 Å². The second-order valence-electron chi connectivity index (χ2n) is 5.30. The zero-order valence-corrected chi connectivity index (χ0v) is 12.8. The fourth-order valence-corrected chi connectivity index (χ4v) is 2.43. The first kappa shape index (κ1) is 15.2. The monoisotopic (exact) mass is 305 g/mol. The van der Waals surface area contributed by atoms with Crippen molar-refractivity contribution < 1.29 is 5.11 Å². The Hall–Kier alpha value is -2.72. The van der Waals surface area contributed by atoms with E-state index in [0.29, 0.717) is 13.0 Å². The molecule has 4 nitrogen and oxygen atoms in total. The molecule has 116 valence electrons. The largest absolute Gasteiger partial charge is 0.392 e. The van der Waals surface area contributed by atoms with Crippen LogP contribution in [0.4, 0.5) is 5.82 Å². The van der Waals surface area contributed by atoms with Crippen LogP contribution in [-0.2, 0) is 19.6 Å². The van der Waals surface area contributed by atoms with Gasteiger partial charge in [0.25, 0.3) is 0 Å². The molecule has 23 heavy (non-hydrogen) atoms. The van der Waals surface area contributed by atoms with Gasteiger partial charge in [0.05, 0.1) is 6.61 Å². The van der Waals surface area contributed by atoms with Gasteiger partial charge in [-0.2, -0.15) is 0 Å². The molecule has 0 spiro atoms. The summed E-state index contributed by atoms with van der Waals surface area (Å²) in [6.07, 6.45) is 2.48. The van der Waals surface area contributed by atoms with Crippen LogP contribution in [-0.4, -0.2) is 15.1 Å². The topological polar surface area (TPSA) is 58.0 Å². The molecule has 0 saturated carbocycles. The maximum atomic E-state index is 9.37. The lowest BCUT2D eigenvalue weighted by molar-refractivity contribution is 0.280. The molecule has 0 aliphatic heterocycles. The minimum atomic E-state index is 0.0425. The van der Waals surface area contributed by atoms with Crippen molar-refractivity contribution in [3.05, 3.63) is 89.4 Å². The van der Waals surface area contributed by atoms with E-state index in [0.717, 1.165) is 22.8 Å². The number of rotatable bonds is 6. The molecular weight excluding hydrogens is 286 g/mol. The van der Waals surface area contributed by atoms with Crippen LogP contribution in [0.15, 0.2) is 66.9 Å². The summed E-state index contributed by atoms with van der Waals surface area (Å²) in [5.41, 5.74) is 3.19. The Morgan fingerprint density at radius 1 is 0.870 bits per heavy atom. The van der Waals surface area contributed by atoms with E-state index in [1.54, 1.807) is 6.20 Å². The summed E-state index contributed by atoms with van der Waals surface area (Å²) in [4.78, 5) is 8.89. The van der Waals surface area contributed by atoms with Gasteiger partial charge in [-0.05, 0) is 22.8 Å². The molecule has 2 N–H and O–H groups in total. The van der Waals surface area contributed by atoms with E-state index in [-0.39, 0.29) is 6.61 Å². The smallest absolute Gasteiger partial charge is 0.135 e. The predicted octanol–water partition coefficient (Wildman–Crippen LogP) is 3.17. The molecule has 0 fully saturated rings. The van der Waals surface area contributed by atoms with Gasteiger partial charge in [0.15, 0.2) is 0 Å². The van der Waals surface area contributed by atoms with E-state index >= 15 is 0 Å². The van der Waals surface area contributed by atoms with Crippen LogP contribution in [0.2, 0.25) is 0 Å². The second-order valence-corrected chi connectivity index (χ2v) is 5.30. The lowest BCUT2D eigenvalue weighted by atomic mass is 10.1. The van der Waals surface area contributed by atoms with Crippen LogP contribution < -0.4 is 5.32 Å². The average Bonchev–Trinajstić information content (AvgIpc) is 2.61. The lowest BCUT2D eigenvalue weighted by Crippen LogP contribution is -2.06. The normalized spacial score (nSPS) is 10.5.